The molecular formula is C22H30N2O6. The van der Waals surface area contributed by atoms with Crippen LogP contribution in [-0.2, 0) is 23.9 Å². The highest BCUT2D eigenvalue weighted by Crippen LogP contribution is 2.57. The highest BCUT2D eigenvalue weighted by molar-refractivity contribution is 5.99. The molecule has 1 unspecified atom stereocenters. The van der Waals surface area contributed by atoms with Gasteiger partial charge in [-0.3, -0.25) is 14.4 Å². The van der Waals surface area contributed by atoms with E-state index in [0.29, 0.717) is 25.9 Å². The van der Waals surface area contributed by atoms with E-state index in [1.807, 2.05) is 26.0 Å². The van der Waals surface area contributed by atoms with E-state index in [2.05, 4.69) is 0 Å². The van der Waals surface area contributed by atoms with Crippen molar-refractivity contribution in [3.05, 3.63) is 24.3 Å². The van der Waals surface area contributed by atoms with Crippen molar-refractivity contribution in [1.29, 1.82) is 0 Å². The van der Waals surface area contributed by atoms with Crippen LogP contribution in [0.25, 0.3) is 0 Å². The fraction of sp³-hybridized carbons (Fsp3) is 0.682. The van der Waals surface area contributed by atoms with E-state index in [1.165, 1.54) is 0 Å². The van der Waals surface area contributed by atoms with Gasteiger partial charge in [0.25, 0.3) is 0 Å². The molecule has 0 aromatic heterocycles. The summed E-state index contributed by atoms with van der Waals surface area (Å²) < 4.78 is 11.9. The van der Waals surface area contributed by atoms with Crippen molar-refractivity contribution in [2.24, 2.45) is 11.8 Å². The number of fused-ring (bicyclic) bond motifs is 2. The van der Waals surface area contributed by atoms with Gasteiger partial charge < -0.3 is 24.4 Å². The normalized spacial score (nSPS) is 37.8. The summed E-state index contributed by atoms with van der Waals surface area (Å²) in [6.45, 7) is 6.57. The first-order valence-electron chi connectivity index (χ1n) is 10.7. The molecule has 1 N–H and O–H groups in total. The number of likely N-dealkylation sites (tertiary alicyclic amines) is 1. The van der Waals surface area contributed by atoms with Gasteiger partial charge in [0.1, 0.15) is 24.2 Å². The zero-order valence-corrected chi connectivity index (χ0v) is 17.7. The van der Waals surface area contributed by atoms with Gasteiger partial charge in [0.2, 0.25) is 11.8 Å². The Labute approximate surface area is 176 Å². The molecule has 0 aromatic rings. The van der Waals surface area contributed by atoms with Gasteiger partial charge >= 0.3 is 5.97 Å². The van der Waals surface area contributed by atoms with Gasteiger partial charge in [0.05, 0.1) is 11.5 Å². The minimum atomic E-state index is -1.23. The summed E-state index contributed by atoms with van der Waals surface area (Å²) >= 11 is 0. The van der Waals surface area contributed by atoms with Crippen molar-refractivity contribution in [3.8, 4) is 0 Å². The Bertz CT molecular complexity index is 807. The molecule has 4 heterocycles. The highest BCUT2D eigenvalue weighted by atomic mass is 16.6. The van der Waals surface area contributed by atoms with Crippen molar-refractivity contribution in [1.82, 2.24) is 9.80 Å². The molecule has 5 atom stereocenters. The van der Waals surface area contributed by atoms with E-state index in [4.69, 9.17) is 9.47 Å². The molecule has 2 amide bonds. The third-order valence-electron chi connectivity index (χ3n) is 6.77. The summed E-state index contributed by atoms with van der Waals surface area (Å²) in [5.74, 6) is -2.56. The van der Waals surface area contributed by atoms with Gasteiger partial charge in [-0.05, 0) is 39.7 Å². The molecule has 4 aliphatic rings. The van der Waals surface area contributed by atoms with Crippen LogP contribution in [0.4, 0.5) is 0 Å². The number of cyclic esters (lactones) is 1. The topological polar surface area (TPSA) is 96.4 Å². The molecule has 0 aromatic carbocycles. The van der Waals surface area contributed by atoms with Crippen LogP contribution in [0.3, 0.4) is 0 Å². The van der Waals surface area contributed by atoms with Gasteiger partial charge in [-0.2, -0.15) is 0 Å². The van der Waals surface area contributed by atoms with Crippen molar-refractivity contribution in [3.63, 3.8) is 0 Å². The summed E-state index contributed by atoms with van der Waals surface area (Å²) in [5, 5.41) is 9.18. The molecule has 0 aliphatic carbocycles. The molecule has 4 aliphatic heterocycles. The lowest BCUT2D eigenvalue weighted by Gasteiger charge is -2.38. The molecule has 4 rings (SSSR count). The minimum absolute atomic E-state index is 0.0154. The SMILES string of the molecule is CC(C)N1CC=C[C@]23O[C@@]4(C)C=CCOC(=O)[C@H]4[C@H]2C(=O)N(CCCCO)C3C1=O. The zero-order chi connectivity index (χ0) is 21.7. The van der Waals surface area contributed by atoms with Crippen molar-refractivity contribution in [2.75, 3.05) is 26.3 Å². The fourth-order valence-electron chi connectivity index (χ4n) is 5.47. The lowest BCUT2D eigenvalue weighted by atomic mass is 9.75. The van der Waals surface area contributed by atoms with Crippen LogP contribution in [0.2, 0.25) is 0 Å². The maximum atomic E-state index is 13.7. The number of nitrogens with zero attached hydrogens (tertiary/aromatic N) is 2. The Morgan fingerprint density at radius 2 is 1.90 bits per heavy atom. The van der Waals surface area contributed by atoms with E-state index in [0.717, 1.165) is 0 Å². The smallest absolute Gasteiger partial charge is 0.313 e. The van der Waals surface area contributed by atoms with Gasteiger partial charge in [0.15, 0.2) is 0 Å². The Morgan fingerprint density at radius 1 is 1.13 bits per heavy atom. The number of hydrogen-bond donors (Lipinski definition) is 1. The standard InChI is InChI=1S/C22H30N2O6/c1-14(2)23-11-6-9-22-15(16-20(28)29-13-7-8-21(16,3)30-22)18(26)24(10-4-5-12-25)17(22)19(23)27/h6-9,14-17,25H,4-5,10-13H2,1-3H3/t15-,16+,17?,21-,22-/m0/s1. The Kier molecular flexibility index (Phi) is 5.26. The molecule has 30 heavy (non-hydrogen) atoms. The Morgan fingerprint density at radius 3 is 2.60 bits per heavy atom. The van der Waals surface area contributed by atoms with Crippen LogP contribution in [0.5, 0.6) is 0 Å². The summed E-state index contributed by atoms with van der Waals surface area (Å²) in [5.41, 5.74) is -2.25. The first kappa shape index (κ1) is 21.1. The second-order valence-electron chi connectivity index (χ2n) is 8.98. The Balaban J connectivity index is 1.83. The van der Waals surface area contributed by atoms with E-state index >= 15 is 0 Å². The molecule has 8 heteroatoms. The maximum absolute atomic E-state index is 13.7. The number of rotatable bonds is 5. The lowest BCUT2D eigenvalue weighted by molar-refractivity contribution is -0.158. The number of hydrogen-bond acceptors (Lipinski definition) is 6. The highest BCUT2D eigenvalue weighted by Gasteiger charge is 2.74. The van der Waals surface area contributed by atoms with Crippen LogP contribution < -0.4 is 0 Å². The molecule has 8 nitrogen and oxygen atoms in total. The number of carbonyl (C=O) groups excluding carboxylic acids is 3. The molecule has 0 saturated carbocycles. The predicted octanol–water partition coefficient (Wildman–Crippen LogP) is 0.650. The van der Waals surface area contributed by atoms with E-state index < -0.39 is 35.0 Å². The van der Waals surface area contributed by atoms with Gasteiger partial charge in [-0.15, -0.1) is 0 Å². The van der Waals surface area contributed by atoms with Crippen LogP contribution in [0, 0.1) is 11.8 Å². The second-order valence-corrected chi connectivity index (χ2v) is 8.98. The molecule has 0 radical (unpaired) electrons. The van der Waals surface area contributed by atoms with E-state index in [1.54, 1.807) is 28.9 Å². The molecule has 164 valence electrons. The number of aliphatic hydroxyl groups excluding tert-OH is 1. The second kappa shape index (κ2) is 7.50. The van der Waals surface area contributed by atoms with Crippen LogP contribution >= 0.6 is 0 Å². The first-order valence-corrected chi connectivity index (χ1v) is 10.7. The van der Waals surface area contributed by atoms with Crippen molar-refractivity contribution >= 4 is 17.8 Å². The first-order chi connectivity index (χ1) is 14.3. The number of aliphatic hydroxyl groups is 1. The molecule has 2 saturated heterocycles. The quantitative estimate of drug-likeness (QED) is 0.400. The Hall–Kier alpha value is -2.19. The van der Waals surface area contributed by atoms with Gasteiger partial charge in [0, 0.05) is 25.7 Å². The van der Waals surface area contributed by atoms with E-state index in [9.17, 15) is 19.5 Å². The maximum Gasteiger partial charge on any atom is 0.313 e. The third kappa shape index (κ3) is 2.92. The zero-order valence-electron chi connectivity index (χ0n) is 17.7. The molecule has 1 spiro atoms. The van der Waals surface area contributed by atoms with E-state index in [-0.39, 0.29) is 31.1 Å². The van der Waals surface area contributed by atoms with Crippen molar-refractivity contribution in [2.45, 2.75) is 56.9 Å². The average Bonchev–Trinajstić information content (AvgIpc) is 2.93. The lowest BCUT2D eigenvalue weighted by Crippen LogP contribution is -2.57. The molecule has 0 bridgehead atoms. The monoisotopic (exact) mass is 418 g/mol. The van der Waals surface area contributed by atoms with Crippen LogP contribution in [-0.4, -0.2) is 82.3 Å². The summed E-state index contributed by atoms with van der Waals surface area (Å²) in [6.07, 6.45) is 8.31. The van der Waals surface area contributed by atoms with Crippen LogP contribution in [0.15, 0.2) is 24.3 Å². The summed E-state index contributed by atoms with van der Waals surface area (Å²) in [6, 6.07) is -0.891. The van der Waals surface area contributed by atoms with Gasteiger partial charge in [-0.25, -0.2) is 0 Å². The molecule has 2 fully saturated rings. The molecular weight excluding hydrogens is 388 g/mol. The van der Waals surface area contributed by atoms with Crippen molar-refractivity contribution < 1.29 is 29.0 Å². The number of esters is 1. The predicted molar refractivity (Wildman–Crippen MR) is 107 cm³/mol. The minimum Gasteiger partial charge on any atom is -0.461 e. The average molecular weight is 418 g/mol. The summed E-state index contributed by atoms with van der Waals surface area (Å²) in [7, 11) is 0. The van der Waals surface area contributed by atoms with Crippen LogP contribution in [0.1, 0.15) is 33.6 Å². The number of ether oxygens (including phenoxy) is 2. The fourth-order valence-corrected chi connectivity index (χ4v) is 5.47. The largest absolute Gasteiger partial charge is 0.461 e. The number of carbonyl (C=O) groups is 3. The van der Waals surface area contributed by atoms with Gasteiger partial charge in [-0.1, -0.05) is 18.2 Å². The summed E-state index contributed by atoms with van der Waals surface area (Å²) in [4.78, 5) is 43.6. The third-order valence-corrected chi connectivity index (χ3v) is 6.77. The number of amides is 2. The number of unbranched alkanes of at least 4 members (excludes halogenated alkanes) is 1.